The third-order valence-corrected chi connectivity index (χ3v) is 60.1. The molecule has 0 heterocycles. The number of aryl methyl sites for hydroxylation is 2. The Hall–Kier alpha value is -0.400. The molecule has 0 aromatic heterocycles. The van der Waals surface area contributed by atoms with Crippen molar-refractivity contribution in [2.45, 2.75) is 73.7 Å². The fourth-order valence-corrected chi connectivity index (χ4v) is 38.2. The van der Waals surface area contributed by atoms with E-state index in [4.69, 9.17) is 17.0 Å². The molecule has 0 spiro atoms. The van der Waals surface area contributed by atoms with Gasteiger partial charge in [0.15, 0.2) is 0 Å². The van der Waals surface area contributed by atoms with E-state index < -0.39 is 21.5 Å². The van der Waals surface area contributed by atoms with Crippen LogP contribution in [0.5, 0.6) is 0 Å². The van der Waals surface area contributed by atoms with Crippen LogP contribution in [-0.4, -0.2) is 5.92 Å². The molecule has 171 valence electrons. The van der Waals surface area contributed by atoms with E-state index in [0.717, 1.165) is 25.7 Å². The Labute approximate surface area is 203 Å². The second-order valence-corrected chi connectivity index (χ2v) is 52.4. The van der Waals surface area contributed by atoms with Crippen LogP contribution in [0.3, 0.4) is 0 Å². The van der Waals surface area contributed by atoms with E-state index in [1.807, 2.05) is 0 Å². The van der Waals surface area contributed by atoms with Gasteiger partial charge in [0, 0.05) is 0 Å². The number of benzene rings is 2. The minimum absolute atomic E-state index is 0.231. The average molecular weight is 564 g/mol. The molecule has 2 aliphatic carbocycles. The van der Waals surface area contributed by atoms with Crippen LogP contribution in [-0.2, 0) is 28.4 Å². The monoisotopic (exact) mass is 561 g/mol. The molecule has 4 heteroatoms. The van der Waals surface area contributed by atoms with E-state index >= 15 is 0 Å². The van der Waals surface area contributed by atoms with Crippen LogP contribution in [0.4, 0.5) is 0 Å². The molecule has 0 nitrogen and oxygen atoms in total. The fourth-order valence-electron chi connectivity index (χ4n) is 6.42. The number of hydrogen-bond acceptors (Lipinski definition) is 0. The van der Waals surface area contributed by atoms with Gasteiger partial charge in [-0.2, -0.15) is 0 Å². The van der Waals surface area contributed by atoms with Gasteiger partial charge in [0.1, 0.15) is 0 Å². The Morgan fingerprint density at radius 2 is 1.09 bits per heavy atom. The van der Waals surface area contributed by atoms with Gasteiger partial charge in [-0.1, -0.05) is 0 Å². The van der Waals surface area contributed by atoms with E-state index in [9.17, 15) is 0 Å². The van der Waals surface area contributed by atoms with Crippen molar-refractivity contribution in [3.8, 4) is 0 Å². The molecule has 0 N–H and O–H groups in total. The van der Waals surface area contributed by atoms with Gasteiger partial charge in [-0.25, -0.2) is 0 Å². The average Bonchev–Trinajstić information content (AvgIpc) is 3.37. The number of hydrogen-bond donors (Lipinski definition) is 0. The first kappa shape index (κ1) is 24.7. The standard InChI is InChI=1S/2C13H15.C2H7Si.2ClH.Zr/c2*1-3-10-8-12-7-5-6-11(4-2)13(12)9-10;1-3-2;;;/h2*5-9H,3-4H2,1-2H3;3H,1-2H3;2*1H;/q;;;;;+2/p-2. The maximum atomic E-state index is 8.29. The van der Waals surface area contributed by atoms with Crippen molar-refractivity contribution < 1.29 is 15.6 Å². The van der Waals surface area contributed by atoms with Crippen LogP contribution < -0.4 is 0 Å². The second-order valence-electron chi connectivity index (χ2n) is 9.94. The summed E-state index contributed by atoms with van der Waals surface area (Å²) in [5.74, 6) is -1.43. The summed E-state index contributed by atoms with van der Waals surface area (Å²) in [5.41, 5.74) is 11.5. The van der Waals surface area contributed by atoms with Gasteiger partial charge < -0.3 is 0 Å². The molecular formula is C28H37Cl2SiZr. The molecule has 2 unspecified atom stereocenters. The number of fused-ring (bicyclic) bond motifs is 2. The number of halogens is 2. The van der Waals surface area contributed by atoms with Crippen molar-refractivity contribution in [3.05, 3.63) is 80.9 Å². The Morgan fingerprint density at radius 3 is 1.41 bits per heavy atom. The quantitative estimate of drug-likeness (QED) is 0.295. The van der Waals surface area contributed by atoms with Crippen LogP contribution in [0.2, 0.25) is 13.1 Å². The van der Waals surface area contributed by atoms with Crippen LogP contribution in [0, 0.1) is 0 Å². The van der Waals surface area contributed by atoms with Crippen molar-refractivity contribution in [2.24, 2.45) is 0 Å². The van der Waals surface area contributed by atoms with Crippen molar-refractivity contribution in [1.82, 2.24) is 0 Å². The van der Waals surface area contributed by atoms with E-state index in [0.29, 0.717) is 0 Å². The number of rotatable bonds is 7. The molecule has 2 aliphatic rings. The first-order chi connectivity index (χ1) is 15.2. The first-order valence-electron chi connectivity index (χ1n) is 12.4. The first-order valence-corrected chi connectivity index (χ1v) is 28.8. The zero-order valence-corrected chi connectivity index (χ0v) is 25.6. The molecule has 4 rings (SSSR count). The van der Waals surface area contributed by atoms with E-state index in [1.54, 1.807) is 0 Å². The predicted molar refractivity (Wildman–Crippen MR) is 144 cm³/mol. The maximum absolute atomic E-state index is 8.29. The zero-order chi connectivity index (χ0) is 23.3. The van der Waals surface area contributed by atoms with Crippen molar-refractivity contribution in [3.63, 3.8) is 0 Å². The topological polar surface area (TPSA) is 0 Å². The summed E-state index contributed by atoms with van der Waals surface area (Å²) in [5, 5.41) is 0. The van der Waals surface area contributed by atoms with E-state index in [2.05, 4.69) is 89.3 Å². The molecule has 2 aromatic carbocycles. The van der Waals surface area contributed by atoms with Gasteiger partial charge in [-0.05, 0) is 0 Å². The van der Waals surface area contributed by atoms with Gasteiger partial charge in [-0.15, -0.1) is 0 Å². The third-order valence-electron chi connectivity index (χ3n) is 8.27. The van der Waals surface area contributed by atoms with Crippen LogP contribution in [0.1, 0.15) is 81.2 Å². The van der Waals surface area contributed by atoms with Crippen molar-refractivity contribution in [1.29, 1.82) is 0 Å². The van der Waals surface area contributed by atoms with Gasteiger partial charge in [0.25, 0.3) is 0 Å². The summed E-state index contributed by atoms with van der Waals surface area (Å²) >= 11 is -4.48. The Kier molecular flexibility index (Phi) is 6.95. The summed E-state index contributed by atoms with van der Waals surface area (Å²) < 4.78 is 0.461. The van der Waals surface area contributed by atoms with Gasteiger partial charge in [-0.3, -0.25) is 0 Å². The van der Waals surface area contributed by atoms with E-state index in [-0.39, 0.29) is 7.25 Å². The molecule has 0 bridgehead atoms. The molecule has 32 heavy (non-hydrogen) atoms. The van der Waals surface area contributed by atoms with Crippen LogP contribution in [0.15, 0.2) is 47.5 Å². The van der Waals surface area contributed by atoms with Gasteiger partial charge in [0.05, 0.1) is 0 Å². The molecule has 0 saturated carbocycles. The van der Waals surface area contributed by atoms with Crippen LogP contribution in [0.25, 0.3) is 12.2 Å². The second kappa shape index (κ2) is 8.99. The molecule has 2 aromatic rings. The molecular weight excluding hydrogens is 527 g/mol. The van der Waals surface area contributed by atoms with Gasteiger partial charge in [0.2, 0.25) is 0 Å². The molecule has 2 atom stereocenters. The Morgan fingerprint density at radius 1 is 0.688 bits per heavy atom. The van der Waals surface area contributed by atoms with Gasteiger partial charge >= 0.3 is 205 Å². The third kappa shape index (κ3) is 3.46. The Bertz CT molecular complexity index is 1030. The fraction of sp³-hybridized carbons (Fsp3) is 0.429. The SMILES string of the molecule is CCC1=Cc2c(CC)cccc2[CH]1[Zr]([Cl])([Cl])([CH]1C(CC)=Cc2c(CC)cccc21)[SiH](C)C. The Balaban J connectivity index is 2.02. The summed E-state index contributed by atoms with van der Waals surface area (Å²) in [6, 6.07) is 13.7. The molecule has 0 amide bonds. The van der Waals surface area contributed by atoms with Crippen LogP contribution >= 0.6 is 17.0 Å². The summed E-state index contributed by atoms with van der Waals surface area (Å²) in [6.45, 7) is 14.0. The number of allylic oxidation sites excluding steroid dienone is 2. The molecule has 0 radical (unpaired) electrons. The summed E-state index contributed by atoms with van der Waals surface area (Å²) in [7, 11) is 16.6. The minimum atomic E-state index is -4.48. The molecule has 0 aliphatic heterocycles. The molecule has 0 saturated heterocycles. The zero-order valence-electron chi connectivity index (χ0n) is 20.4. The summed E-state index contributed by atoms with van der Waals surface area (Å²) in [6.07, 6.45) is 9.05. The predicted octanol–water partition coefficient (Wildman–Crippen LogP) is 9.19. The normalized spacial score (nSPS) is 21.1. The van der Waals surface area contributed by atoms with Crippen molar-refractivity contribution in [2.75, 3.05) is 0 Å². The molecule has 0 fully saturated rings. The van der Waals surface area contributed by atoms with Crippen molar-refractivity contribution >= 4 is 35.1 Å². The van der Waals surface area contributed by atoms with E-state index in [1.165, 1.54) is 44.5 Å². The summed E-state index contributed by atoms with van der Waals surface area (Å²) in [4.78, 5) is 0.